The molecule has 0 aliphatic carbocycles. The fraction of sp³-hybridized carbons (Fsp3) is 0.345. The van der Waals surface area contributed by atoms with Gasteiger partial charge in [-0.1, -0.05) is 0 Å². The summed E-state index contributed by atoms with van der Waals surface area (Å²) in [6, 6.07) is 13.4. The molecule has 2 aliphatic rings. The number of likely N-dealkylation sites (tertiary alicyclic amines) is 1. The van der Waals surface area contributed by atoms with Crippen molar-refractivity contribution in [1.82, 2.24) is 24.4 Å². The van der Waals surface area contributed by atoms with E-state index in [9.17, 15) is 14.3 Å². The van der Waals surface area contributed by atoms with Gasteiger partial charge >= 0.3 is 5.97 Å². The molecule has 6 rings (SSSR count). The van der Waals surface area contributed by atoms with Crippen LogP contribution in [0, 0.1) is 17.1 Å². The largest absolute Gasteiger partial charge is 0.484 e. The lowest BCUT2D eigenvalue weighted by molar-refractivity contribution is -0.0592. The molecule has 2 fully saturated rings. The highest BCUT2D eigenvalue weighted by Gasteiger charge is 2.27. The van der Waals surface area contributed by atoms with E-state index in [1.54, 1.807) is 30.3 Å². The molecule has 2 saturated heterocycles. The number of fused-ring (bicyclic) bond motifs is 1. The first kappa shape index (κ1) is 26.6. The van der Waals surface area contributed by atoms with Gasteiger partial charge in [-0.3, -0.25) is 9.88 Å². The number of pyridine rings is 2. The van der Waals surface area contributed by atoms with E-state index < -0.39 is 11.8 Å². The summed E-state index contributed by atoms with van der Waals surface area (Å²) in [5, 5.41) is 21.8. The van der Waals surface area contributed by atoms with Crippen molar-refractivity contribution in [1.29, 1.82) is 5.26 Å². The van der Waals surface area contributed by atoms with Crippen LogP contribution in [0.1, 0.15) is 40.4 Å². The molecule has 0 unspecified atom stereocenters. The maximum Gasteiger partial charge on any atom is 0.354 e. The molecule has 12 heteroatoms. The first-order valence-corrected chi connectivity index (χ1v) is 13.4. The number of rotatable bonds is 10. The van der Waals surface area contributed by atoms with E-state index in [4.69, 9.17) is 19.7 Å². The highest BCUT2D eigenvalue weighted by atomic mass is 19.1. The molecule has 11 nitrogen and oxygen atoms in total. The molecule has 2 aliphatic heterocycles. The molecule has 210 valence electrons. The van der Waals surface area contributed by atoms with E-state index >= 15 is 0 Å². The number of imidazole rings is 1. The number of nitrogens with zero attached hydrogens (tertiary/aromatic N) is 6. The summed E-state index contributed by atoms with van der Waals surface area (Å²) in [5.74, 6) is -0.600. The Morgan fingerprint density at radius 2 is 2.10 bits per heavy atom. The third-order valence-electron chi connectivity index (χ3n) is 7.34. The standard InChI is InChI=1S/C29H28FN7O4/c30-23-4-3-19(11-26(23)41-17-21-2-1-18(12-31)13-32-21)33-20-7-9-36(14-20)16-27-34-24-5-6-25(29(38)39)35-28(24)37(27)15-22-8-10-40-22/h1-6,11,13,20,22,33H,7-10,14-17H2,(H,38,39)/t20-,22+/m1/s1. The number of carboxylic acids is 1. The average molecular weight is 558 g/mol. The van der Waals surface area contributed by atoms with E-state index in [0.29, 0.717) is 35.5 Å². The summed E-state index contributed by atoms with van der Waals surface area (Å²) in [7, 11) is 0. The second-order valence-electron chi connectivity index (χ2n) is 10.2. The first-order chi connectivity index (χ1) is 19.9. The summed E-state index contributed by atoms with van der Waals surface area (Å²) >= 11 is 0. The van der Waals surface area contributed by atoms with Gasteiger partial charge in [0.2, 0.25) is 0 Å². The van der Waals surface area contributed by atoms with Crippen molar-refractivity contribution in [2.45, 2.75) is 44.7 Å². The maximum absolute atomic E-state index is 14.4. The number of nitrogens with one attached hydrogen (secondary N) is 1. The minimum absolute atomic E-state index is 0.0130. The van der Waals surface area contributed by atoms with Gasteiger partial charge < -0.3 is 24.5 Å². The number of carboxylic acid groups (broad SMARTS) is 1. The summed E-state index contributed by atoms with van der Waals surface area (Å²) < 4.78 is 27.7. The molecule has 0 spiro atoms. The van der Waals surface area contributed by atoms with Crippen LogP contribution in [0.5, 0.6) is 5.75 Å². The first-order valence-electron chi connectivity index (χ1n) is 13.4. The zero-order valence-electron chi connectivity index (χ0n) is 22.2. The second-order valence-corrected chi connectivity index (χ2v) is 10.2. The Morgan fingerprint density at radius 1 is 1.22 bits per heavy atom. The summed E-state index contributed by atoms with van der Waals surface area (Å²) in [6.07, 6.45) is 3.35. The fourth-order valence-electron chi connectivity index (χ4n) is 5.07. The van der Waals surface area contributed by atoms with Crippen LogP contribution in [-0.2, 0) is 24.4 Å². The summed E-state index contributed by atoms with van der Waals surface area (Å²) in [5.41, 5.74) is 3.00. The molecule has 0 saturated carbocycles. The van der Waals surface area contributed by atoms with E-state index in [1.807, 2.05) is 10.6 Å². The average Bonchev–Trinajstić information content (AvgIpc) is 3.54. The Hall–Kier alpha value is -4.60. The van der Waals surface area contributed by atoms with Crippen molar-refractivity contribution < 1.29 is 23.8 Å². The molecule has 0 amide bonds. The zero-order valence-corrected chi connectivity index (χ0v) is 22.2. The Balaban J connectivity index is 1.11. The van der Waals surface area contributed by atoms with Crippen molar-refractivity contribution in [2.24, 2.45) is 0 Å². The summed E-state index contributed by atoms with van der Waals surface area (Å²) in [4.78, 5) is 27.1. The molecule has 5 heterocycles. The highest BCUT2D eigenvalue weighted by molar-refractivity contribution is 5.88. The molecule has 3 aromatic heterocycles. The molecule has 0 bridgehead atoms. The van der Waals surface area contributed by atoms with E-state index in [1.165, 1.54) is 18.3 Å². The topological polar surface area (TPSA) is 138 Å². The quantitative estimate of drug-likeness (QED) is 0.297. The molecule has 41 heavy (non-hydrogen) atoms. The number of ether oxygens (including phenoxy) is 2. The molecular weight excluding hydrogens is 529 g/mol. The van der Waals surface area contributed by atoms with Crippen LogP contribution in [0.3, 0.4) is 0 Å². The number of benzene rings is 1. The van der Waals surface area contributed by atoms with Gasteiger partial charge in [-0.2, -0.15) is 5.26 Å². The number of nitriles is 1. The molecule has 0 radical (unpaired) electrons. The van der Waals surface area contributed by atoms with Gasteiger partial charge in [0.1, 0.15) is 24.0 Å². The van der Waals surface area contributed by atoms with Gasteiger partial charge in [0.25, 0.3) is 0 Å². The predicted molar refractivity (Wildman–Crippen MR) is 146 cm³/mol. The fourth-order valence-corrected chi connectivity index (χ4v) is 5.07. The van der Waals surface area contributed by atoms with Crippen LogP contribution >= 0.6 is 0 Å². The second kappa shape index (κ2) is 11.5. The lowest BCUT2D eigenvalue weighted by Crippen LogP contribution is -2.33. The Morgan fingerprint density at radius 3 is 2.83 bits per heavy atom. The Labute approximate surface area is 235 Å². The monoisotopic (exact) mass is 557 g/mol. The lowest BCUT2D eigenvalue weighted by Gasteiger charge is -2.28. The number of carbonyl (C=O) groups is 1. The molecule has 1 aromatic carbocycles. The van der Waals surface area contributed by atoms with Gasteiger partial charge in [-0.15, -0.1) is 0 Å². The van der Waals surface area contributed by atoms with Crippen LogP contribution in [0.4, 0.5) is 10.1 Å². The number of hydrogen-bond donors (Lipinski definition) is 2. The molecular formula is C29H28FN7O4. The highest BCUT2D eigenvalue weighted by Crippen LogP contribution is 2.26. The van der Waals surface area contributed by atoms with Gasteiger partial charge in [0.05, 0.1) is 30.5 Å². The van der Waals surface area contributed by atoms with Crippen molar-refractivity contribution in [3.8, 4) is 11.8 Å². The Kier molecular flexibility index (Phi) is 7.45. The zero-order chi connectivity index (χ0) is 28.3. The number of aromatic carboxylic acids is 1. The van der Waals surface area contributed by atoms with Crippen molar-refractivity contribution in [3.63, 3.8) is 0 Å². The van der Waals surface area contributed by atoms with Crippen LogP contribution in [0.25, 0.3) is 11.2 Å². The molecule has 2 N–H and O–H groups in total. The SMILES string of the molecule is N#Cc1ccc(COc2cc(N[C@@H]3CCN(Cc4nc5ccc(C(=O)O)nc5n4C[C@@H]4CCO4)C3)ccc2F)nc1. The number of halogens is 1. The smallest absolute Gasteiger partial charge is 0.354 e. The van der Waals surface area contributed by atoms with Crippen molar-refractivity contribution in [2.75, 3.05) is 25.0 Å². The minimum atomic E-state index is -1.07. The van der Waals surface area contributed by atoms with E-state index in [0.717, 1.165) is 44.0 Å². The third kappa shape index (κ3) is 5.96. The van der Waals surface area contributed by atoms with Gasteiger partial charge in [0.15, 0.2) is 22.9 Å². The van der Waals surface area contributed by atoms with Crippen LogP contribution in [0.2, 0.25) is 0 Å². The van der Waals surface area contributed by atoms with Crippen LogP contribution in [0.15, 0.2) is 48.7 Å². The van der Waals surface area contributed by atoms with Gasteiger partial charge in [-0.25, -0.2) is 19.2 Å². The number of hydrogen-bond acceptors (Lipinski definition) is 9. The Bertz CT molecular complexity index is 1610. The molecule has 4 aromatic rings. The third-order valence-corrected chi connectivity index (χ3v) is 7.34. The summed E-state index contributed by atoms with van der Waals surface area (Å²) in [6.45, 7) is 3.55. The van der Waals surface area contributed by atoms with Crippen LogP contribution in [-0.4, -0.2) is 67.3 Å². The van der Waals surface area contributed by atoms with Gasteiger partial charge in [0, 0.05) is 43.7 Å². The van der Waals surface area contributed by atoms with Crippen molar-refractivity contribution >= 4 is 22.8 Å². The van der Waals surface area contributed by atoms with Gasteiger partial charge in [-0.05, 0) is 49.2 Å². The number of aromatic nitrogens is 4. The van der Waals surface area contributed by atoms with Crippen LogP contribution < -0.4 is 10.1 Å². The minimum Gasteiger partial charge on any atom is -0.484 e. The molecule has 2 atom stereocenters. The normalized spacial score (nSPS) is 18.6. The van der Waals surface area contributed by atoms with E-state index in [-0.39, 0.29) is 30.2 Å². The maximum atomic E-state index is 14.4. The predicted octanol–water partition coefficient (Wildman–Crippen LogP) is 3.59. The lowest BCUT2D eigenvalue weighted by atomic mass is 10.2. The number of anilines is 1. The van der Waals surface area contributed by atoms with E-state index in [2.05, 4.69) is 20.2 Å². The van der Waals surface area contributed by atoms with Crippen molar-refractivity contribution in [3.05, 3.63) is 77.3 Å².